The van der Waals surface area contributed by atoms with Crippen LogP contribution in [0.15, 0.2) is 53.7 Å². The number of nitrogens with one attached hydrogen (secondary N) is 1. The molecule has 1 heterocycles. The van der Waals surface area contributed by atoms with Crippen LogP contribution in [0.1, 0.15) is 0 Å². The molecule has 140 valence electrons. The predicted octanol–water partition coefficient (Wildman–Crippen LogP) is 3.26. The minimum Gasteiger partial charge on any atom is -0.482 e. The fourth-order valence-corrected chi connectivity index (χ4v) is 3.33. The van der Waals surface area contributed by atoms with Crippen LogP contribution in [0, 0.1) is 0 Å². The van der Waals surface area contributed by atoms with E-state index in [0.29, 0.717) is 33.2 Å². The summed E-state index contributed by atoms with van der Waals surface area (Å²) in [4.78, 5) is 11.9. The van der Waals surface area contributed by atoms with Gasteiger partial charge in [0.15, 0.2) is 6.61 Å². The zero-order valence-electron chi connectivity index (χ0n) is 14.0. The Labute approximate surface area is 170 Å². The maximum absolute atomic E-state index is 11.9. The Bertz CT molecular complexity index is 907. The highest BCUT2D eigenvalue weighted by atomic mass is 35.5. The first-order chi connectivity index (χ1) is 13.1. The van der Waals surface area contributed by atoms with E-state index in [-0.39, 0.29) is 12.5 Å². The molecule has 1 amide bonds. The highest BCUT2D eigenvalue weighted by molar-refractivity contribution is 7.99. The second-order valence-electron chi connectivity index (χ2n) is 5.27. The van der Waals surface area contributed by atoms with Crippen molar-refractivity contribution in [3.05, 3.63) is 58.6 Å². The van der Waals surface area contributed by atoms with E-state index in [0.717, 1.165) is 5.69 Å². The van der Waals surface area contributed by atoms with Crippen LogP contribution in [0.3, 0.4) is 0 Å². The summed E-state index contributed by atoms with van der Waals surface area (Å²) in [6.45, 7) is 0.316. The lowest BCUT2D eigenvalue weighted by molar-refractivity contribution is -0.122. The van der Waals surface area contributed by atoms with Gasteiger partial charge in [-0.2, -0.15) is 4.68 Å². The standard InChI is InChI=1S/C17H15Cl2N5O2S/c18-12-6-7-15(14(19)10-12)26-11-16(25)20-8-9-27-17-21-22-23-24(17)13-4-2-1-3-5-13/h1-7,10H,8-9,11H2,(H,20,25). The highest BCUT2D eigenvalue weighted by Gasteiger charge is 2.09. The molecule has 0 aliphatic rings. The maximum Gasteiger partial charge on any atom is 0.257 e. The van der Waals surface area contributed by atoms with E-state index >= 15 is 0 Å². The molecule has 1 aromatic heterocycles. The van der Waals surface area contributed by atoms with Gasteiger partial charge in [0.2, 0.25) is 5.16 Å². The molecular formula is C17H15Cl2N5O2S. The van der Waals surface area contributed by atoms with E-state index in [1.807, 2.05) is 30.3 Å². The second kappa shape index (κ2) is 9.59. The lowest BCUT2D eigenvalue weighted by Gasteiger charge is -2.09. The zero-order chi connectivity index (χ0) is 19.1. The molecule has 2 aromatic carbocycles. The van der Waals surface area contributed by atoms with Crippen LogP contribution in [0.2, 0.25) is 10.0 Å². The Morgan fingerprint density at radius 3 is 2.78 bits per heavy atom. The minimum absolute atomic E-state index is 0.131. The number of amides is 1. The molecule has 3 aromatic rings. The fourth-order valence-electron chi connectivity index (χ4n) is 2.12. The van der Waals surface area contributed by atoms with Crippen LogP contribution < -0.4 is 10.1 Å². The summed E-state index contributed by atoms with van der Waals surface area (Å²) in [5, 5.41) is 16.0. The lowest BCUT2D eigenvalue weighted by atomic mass is 10.3. The average Bonchev–Trinajstić information content (AvgIpc) is 3.14. The number of benzene rings is 2. The van der Waals surface area contributed by atoms with Crippen molar-refractivity contribution in [2.45, 2.75) is 5.16 Å². The number of nitrogens with zero attached hydrogens (tertiary/aromatic N) is 4. The maximum atomic E-state index is 11.9. The highest BCUT2D eigenvalue weighted by Crippen LogP contribution is 2.27. The molecular weight excluding hydrogens is 409 g/mol. The van der Waals surface area contributed by atoms with Gasteiger partial charge >= 0.3 is 0 Å². The van der Waals surface area contributed by atoms with Crippen molar-refractivity contribution in [3.63, 3.8) is 0 Å². The molecule has 0 spiro atoms. The zero-order valence-corrected chi connectivity index (χ0v) is 16.3. The van der Waals surface area contributed by atoms with E-state index in [9.17, 15) is 4.79 Å². The summed E-state index contributed by atoms with van der Waals surface area (Å²) < 4.78 is 7.04. The Morgan fingerprint density at radius 1 is 1.19 bits per heavy atom. The molecule has 10 heteroatoms. The van der Waals surface area contributed by atoms with Crippen molar-refractivity contribution in [2.75, 3.05) is 18.9 Å². The van der Waals surface area contributed by atoms with Gasteiger partial charge in [0, 0.05) is 17.3 Å². The SMILES string of the molecule is O=C(COc1ccc(Cl)cc1Cl)NCCSc1nnnn1-c1ccccc1. The normalized spacial score (nSPS) is 10.6. The summed E-state index contributed by atoms with van der Waals surface area (Å²) in [7, 11) is 0. The molecule has 0 saturated carbocycles. The first-order valence-corrected chi connectivity index (χ1v) is 9.69. The van der Waals surface area contributed by atoms with Crippen molar-refractivity contribution in [2.24, 2.45) is 0 Å². The molecule has 0 radical (unpaired) electrons. The topological polar surface area (TPSA) is 81.9 Å². The molecule has 0 aliphatic heterocycles. The Balaban J connectivity index is 1.42. The summed E-state index contributed by atoms with van der Waals surface area (Å²) in [6, 6.07) is 14.4. The van der Waals surface area contributed by atoms with Crippen molar-refractivity contribution in [1.82, 2.24) is 25.5 Å². The van der Waals surface area contributed by atoms with E-state index in [4.69, 9.17) is 27.9 Å². The number of aromatic nitrogens is 4. The molecule has 1 N–H and O–H groups in total. The number of tetrazole rings is 1. The number of hydrogen-bond acceptors (Lipinski definition) is 6. The van der Waals surface area contributed by atoms with Gasteiger partial charge in [-0.15, -0.1) is 5.10 Å². The summed E-state index contributed by atoms with van der Waals surface area (Å²) in [5.74, 6) is 0.776. The van der Waals surface area contributed by atoms with Crippen molar-refractivity contribution in [3.8, 4) is 11.4 Å². The molecule has 3 rings (SSSR count). The third-order valence-electron chi connectivity index (χ3n) is 3.35. The molecule has 0 atom stereocenters. The molecule has 7 nitrogen and oxygen atoms in total. The van der Waals surface area contributed by atoms with Crippen molar-refractivity contribution < 1.29 is 9.53 Å². The number of ether oxygens (including phenoxy) is 1. The lowest BCUT2D eigenvalue weighted by Crippen LogP contribution is -2.30. The number of rotatable bonds is 8. The van der Waals surface area contributed by atoms with Gasteiger partial charge in [0.1, 0.15) is 5.75 Å². The molecule has 0 unspecified atom stereocenters. The molecule has 0 fully saturated rings. The molecule has 0 aliphatic carbocycles. The summed E-state index contributed by atoms with van der Waals surface area (Å²) in [6.07, 6.45) is 0. The van der Waals surface area contributed by atoms with Crippen molar-refractivity contribution >= 4 is 40.9 Å². The predicted molar refractivity (Wildman–Crippen MR) is 105 cm³/mol. The van der Waals surface area contributed by atoms with Crippen molar-refractivity contribution in [1.29, 1.82) is 0 Å². The summed E-state index contributed by atoms with van der Waals surface area (Å²) in [5.41, 5.74) is 0.877. The van der Waals surface area contributed by atoms with Gasteiger partial charge in [-0.3, -0.25) is 4.79 Å². The van der Waals surface area contributed by atoms with Gasteiger partial charge < -0.3 is 10.1 Å². The van der Waals surface area contributed by atoms with Gasteiger partial charge in [-0.1, -0.05) is 53.2 Å². The van der Waals surface area contributed by atoms with E-state index < -0.39 is 0 Å². The molecule has 0 bridgehead atoms. The molecule has 0 saturated heterocycles. The van der Waals surface area contributed by atoms with Gasteiger partial charge in [-0.25, -0.2) is 0 Å². The number of halogens is 2. The number of para-hydroxylation sites is 1. The van der Waals surface area contributed by atoms with Gasteiger partial charge in [0.05, 0.1) is 10.7 Å². The van der Waals surface area contributed by atoms with Crippen LogP contribution in [0.25, 0.3) is 5.69 Å². The smallest absolute Gasteiger partial charge is 0.257 e. The summed E-state index contributed by atoms with van der Waals surface area (Å²) >= 11 is 13.3. The number of carbonyl (C=O) groups excluding carboxylic acids is 1. The third-order valence-corrected chi connectivity index (χ3v) is 4.80. The van der Waals surface area contributed by atoms with Gasteiger partial charge in [0.25, 0.3) is 5.91 Å². The van der Waals surface area contributed by atoms with E-state index in [1.54, 1.807) is 22.9 Å². The van der Waals surface area contributed by atoms with E-state index in [2.05, 4.69) is 20.8 Å². The average molecular weight is 424 g/mol. The van der Waals surface area contributed by atoms with Crippen LogP contribution in [-0.2, 0) is 4.79 Å². The first kappa shape index (κ1) is 19.5. The number of thioether (sulfide) groups is 1. The Kier molecular flexibility index (Phi) is 6.92. The Hall–Kier alpha value is -2.29. The number of hydrogen-bond donors (Lipinski definition) is 1. The molecule has 27 heavy (non-hydrogen) atoms. The van der Waals surface area contributed by atoms with Gasteiger partial charge in [-0.05, 0) is 40.8 Å². The monoisotopic (exact) mass is 423 g/mol. The minimum atomic E-state index is -0.246. The second-order valence-corrected chi connectivity index (χ2v) is 7.18. The quantitative estimate of drug-likeness (QED) is 0.442. The first-order valence-electron chi connectivity index (χ1n) is 7.94. The van der Waals surface area contributed by atoms with Crippen LogP contribution >= 0.6 is 35.0 Å². The Morgan fingerprint density at radius 2 is 2.00 bits per heavy atom. The van der Waals surface area contributed by atoms with Crippen LogP contribution in [-0.4, -0.2) is 45.0 Å². The van der Waals surface area contributed by atoms with Crippen LogP contribution in [0.5, 0.6) is 5.75 Å². The van der Waals surface area contributed by atoms with E-state index in [1.165, 1.54) is 11.8 Å². The number of carbonyl (C=O) groups is 1. The third kappa shape index (κ3) is 5.59. The van der Waals surface area contributed by atoms with Crippen LogP contribution in [0.4, 0.5) is 0 Å². The largest absolute Gasteiger partial charge is 0.482 e. The fraction of sp³-hybridized carbons (Fsp3) is 0.176.